The first-order chi connectivity index (χ1) is 14.5. The molecule has 2 unspecified atom stereocenters. The van der Waals surface area contributed by atoms with Crippen molar-refractivity contribution in [2.24, 2.45) is 5.92 Å². The molecule has 2 amide bonds. The van der Waals surface area contributed by atoms with Crippen molar-refractivity contribution in [1.82, 2.24) is 10.2 Å². The van der Waals surface area contributed by atoms with Crippen molar-refractivity contribution >= 4 is 17.5 Å². The molecule has 1 aliphatic heterocycles. The molecule has 2 atom stereocenters. The van der Waals surface area contributed by atoms with E-state index in [4.69, 9.17) is 0 Å². The summed E-state index contributed by atoms with van der Waals surface area (Å²) in [5.74, 6) is -0.639. The van der Waals surface area contributed by atoms with Gasteiger partial charge in [-0.2, -0.15) is 0 Å². The molecular weight excluding hydrogens is 381 g/mol. The fourth-order valence-corrected chi connectivity index (χ4v) is 3.69. The van der Waals surface area contributed by atoms with Crippen molar-refractivity contribution < 1.29 is 14.0 Å². The highest BCUT2D eigenvalue weighted by molar-refractivity contribution is 6.04. The van der Waals surface area contributed by atoms with E-state index in [-0.39, 0.29) is 29.6 Å². The number of para-hydroxylation sites is 1. The summed E-state index contributed by atoms with van der Waals surface area (Å²) >= 11 is 0. The molecule has 2 aromatic carbocycles. The minimum Gasteiger partial charge on any atom is -0.350 e. The van der Waals surface area contributed by atoms with Crippen molar-refractivity contribution in [2.75, 3.05) is 18.4 Å². The Kier molecular flexibility index (Phi) is 7.57. The van der Waals surface area contributed by atoms with Gasteiger partial charge in [0.25, 0.3) is 5.91 Å². The third-order valence-corrected chi connectivity index (χ3v) is 5.62. The Labute approximate surface area is 177 Å². The Morgan fingerprint density at radius 2 is 1.90 bits per heavy atom. The number of nitrogens with zero attached hydrogens (tertiary/aromatic N) is 1. The molecule has 5 nitrogen and oxygen atoms in total. The molecule has 30 heavy (non-hydrogen) atoms. The Balaban J connectivity index is 1.63. The van der Waals surface area contributed by atoms with Gasteiger partial charge in [-0.1, -0.05) is 31.2 Å². The lowest BCUT2D eigenvalue weighted by Gasteiger charge is -2.32. The zero-order valence-electron chi connectivity index (χ0n) is 17.7. The molecule has 1 aliphatic rings. The molecule has 3 rings (SSSR count). The van der Waals surface area contributed by atoms with Gasteiger partial charge in [0.05, 0.1) is 17.2 Å². The largest absolute Gasteiger partial charge is 0.350 e. The molecule has 0 radical (unpaired) electrons. The van der Waals surface area contributed by atoms with Crippen LogP contribution >= 0.6 is 0 Å². The predicted molar refractivity (Wildman–Crippen MR) is 117 cm³/mol. The van der Waals surface area contributed by atoms with Gasteiger partial charge in [0, 0.05) is 19.1 Å². The zero-order chi connectivity index (χ0) is 21.5. The smallest absolute Gasteiger partial charge is 0.253 e. The van der Waals surface area contributed by atoms with Crippen LogP contribution in [-0.4, -0.2) is 35.8 Å². The highest BCUT2D eigenvalue weighted by atomic mass is 19.1. The van der Waals surface area contributed by atoms with Crippen LogP contribution in [0, 0.1) is 11.7 Å². The minimum absolute atomic E-state index is 0.0670. The van der Waals surface area contributed by atoms with Crippen molar-refractivity contribution in [1.29, 1.82) is 0 Å². The summed E-state index contributed by atoms with van der Waals surface area (Å²) in [6.07, 6.45) is 2.58. The first-order valence-corrected chi connectivity index (χ1v) is 10.6. The predicted octanol–water partition coefficient (Wildman–Crippen LogP) is 4.20. The second-order valence-corrected chi connectivity index (χ2v) is 8.02. The molecule has 0 spiro atoms. The van der Waals surface area contributed by atoms with Gasteiger partial charge in [-0.3, -0.25) is 14.5 Å². The van der Waals surface area contributed by atoms with Gasteiger partial charge in [-0.25, -0.2) is 4.39 Å². The summed E-state index contributed by atoms with van der Waals surface area (Å²) in [5, 5.41) is 5.92. The van der Waals surface area contributed by atoms with Crippen molar-refractivity contribution in [3.8, 4) is 0 Å². The standard InChI is InChI=1S/C24H30FN3O2/c1-3-17(2)26-24(30)21-8-4-5-9-22(21)27-23(29)19-7-6-14-28(16-19)15-18-10-12-20(25)13-11-18/h4-5,8-13,17,19H,3,6-7,14-16H2,1-2H3,(H,26,30)(H,27,29). The maximum atomic E-state index is 13.1. The van der Waals surface area contributed by atoms with E-state index in [0.29, 0.717) is 24.3 Å². The summed E-state index contributed by atoms with van der Waals surface area (Å²) in [6, 6.07) is 13.7. The van der Waals surface area contributed by atoms with Crippen LogP contribution in [0.2, 0.25) is 0 Å². The van der Waals surface area contributed by atoms with Gasteiger partial charge in [-0.15, -0.1) is 0 Å². The molecular formula is C24H30FN3O2. The minimum atomic E-state index is -0.245. The Morgan fingerprint density at radius 1 is 1.17 bits per heavy atom. The number of anilines is 1. The highest BCUT2D eigenvalue weighted by Gasteiger charge is 2.27. The molecule has 0 aliphatic carbocycles. The molecule has 2 aromatic rings. The highest BCUT2D eigenvalue weighted by Crippen LogP contribution is 2.22. The summed E-state index contributed by atoms with van der Waals surface area (Å²) in [7, 11) is 0. The molecule has 0 bridgehead atoms. The number of carbonyl (C=O) groups is 2. The summed E-state index contributed by atoms with van der Waals surface area (Å²) in [6.45, 7) is 6.22. The zero-order valence-corrected chi connectivity index (χ0v) is 17.7. The topological polar surface area (TPSA) is 61.4 Å². The molecule has 1 saturated heterocycles. The molecule has 0 aromatic heterocycles. The Bertz CT molecular complexity index is 869. The van der Waals surface area contributed by atoms with E-state index in [9.17, 15) is 14.0 Å². The molecule has 0 saturated carbocycles. The Hall–Kier alpha value is -2.73. The number of hydrogen-bond donors (Lipinski definition) is 2. The number of benzene rings is 2. The number of halogens is 1. The lowest BCUT2D eigenvalue weighted by Crippen LogP contribution is -2.40. The van der Waals surface area contributed by atoms with Crippen LogP contribution in [0.4, 0.5) is 10.1 Å². The average Bonchev–Trinajstić information content (AvgIpc) is 2.75. The van der Waals surface area contributed by atoms with E-state index in [0.717, 1.165) is 31.4 Å². The molecule has 2 N–H and O–H groups in total. The van der Waals surface area contributed by atoms with Crippen LogP contribution < -0.4 is 10.6 Å². The first-order valence-electron chi connectivity index (χ1n) is 10.6. The molecule has 1 heterocycles. The van der Waals surface area contributed by atoms with E-state index in [1.54, 1.807) is 30.3 Å². The summed E-state index contributed by atoms with van der Waals surface area (Å²) < 4.78 is 13.1. The quantitative estimate of drug-likeness (QED) is 0.718. The monoisotopic (exact) mass is 411 g/mol. The molecule has 160 valence electrons. The van der Waals surface area contributed by atoms with Crippen molar-refractivity contribution in [3.63, 3.8) is 0 Å². The fourth-order valence-electron chi connectivity index (χ4n) is 3.69. The van der Waals surface area contributed by atoms with E-state index in [2.05, 4.69) is 15.5 Å². The summed E-state index contributed by atoms with van der Waals surface area (Å²) in [4.78, 5) is 27.7. The van der Waals surface area contributed by atoms with E-state index in [1.807, 2.05) is 19.9 Å². The van der Waals surface area contributed by atoms with Gasteiger partial charge in [-0.05, 0) is 62.6 Å². The number of rotatable bonds is 7. The van der Waals surface area contributed by atoms with Crippen LogP contribution in [0.3, 0.4) is 0 Å². The van der Waals surface area contributed by atoms with Crippen molar-refractivity contribution in [3.05, 3.63) is 65.5 Å². The average molecular weight is 412 g/mol. The SMILES string of the molecule is CCC(C)NC(=O)c1ccccc1NC(=O)C1CCCN(Cc2ccc(F)cc2)C1. The molecule has 1 fully saturated rings. The third-order valence-electron chi connectivity index (χ3n) is 5.62. The summed E-state index contributed by atoms with van der Waals surface area (Å²) in [5.41, 5.74) is 2.05. The van der Waals surface area contributed by atoms with Gasteiger partial charge >= 0.3 is 0 Å². The lowest BCUT2D eigenvalue weighted by atomic mass is 9.96. The van der Waals surface area contributed by atoms with Gasteiger partial charge in [0.2, 0.25) is 5.91 Å². The van der Waals surface area contributed by atoms with Crippen LogP contribution in [0.15, 0.2) is 48.5 Å². The van der Waals surface area contributed by atoms with Gasteiger partial charge in [0.1, 0.15) is 5.82 Å². The van der Waals surface area contributed by atoms with Crippen LogP contribution in [-0.2, 0) is 11.3 Å². The number of amides is 2. The first kappa shape index (κ1) is 22.0. The van der Waals surface area contributed by atoms with Crippen molar-refractivity contribution in [2.45, 2.75) is 45.7 Å². The maximum Gasteiger partial charge on any atom is 0.253 e. The number of carbonyl (C=O) groups excluding carboxylic acids is 2. The third kappa shape index (κ3) is 5.89. The fraction of sp³-hybridized carbons (Fsp3) is 0.417. The number of likely N-dealkylation sites (tertiary alicyclic amines) is 1. The number of hydrogen-bond acceptors (Lipinski definition) is 3. The normalized spacial score (nSPS) is 17.9. The van der Waals surface area contributed by atoms with E-state index < -0.39 is 0 Å². The number of nitrogens with one attached hydrogen (secondary N) is 2. The second kappa shape index (κ2) is 10.3. The van der Waals surface area contributed by atoms with E-state index >= 15 is 0 Å². The van der Waals surface area contributed by atoms with Crippen LogP contribution in [0.1, 0.15) is 49.0 Å². The second-order valence-electron chi connectivity index (χ2n) is 8.02. The van der Waals surface area contributed by atoms with Gasteiger partial charge < -0.3 is 10.6 Å². The molecule has 6 heteroatoms. The van der Waals surface area contributed by atoms with Gasteiger partial charge in [0.15, 0.2) is 0 Å². The lowest BCUT2D eigenvalue weighted by molar-refractivity contribution is -0.121. The van der Waals surface area contributed by atoms with Crippen LogP contribution in [0.5, 0.6) is 0 Å². The van der Waals surface area contributed by atoms with Crippen LogP contribution in [0.25, 0.3) is 0 Å². The Morgan fingerprint density at radius 3 is 2.63 bits per heavy atom. The maximum absolute atomic E-state index is 13.1. The number of piperidine rings is 1. The van der Waals surface area contributed by atoms with E-state index in [1.165, 1.54) is 12.1 Å².